The van der Waals surface area contributed by atoms with Crippen LogP contribution >= 0.6 is 11.6 Å². The van der Waals surface area contributed by atoms with Crippen molar-refractivity contribution in [3.05, 3.63) is 125 Å². The van der Waals surface area contributed by atoms with Gasteiger partial charge in [0, 0.05) is 24.5 Å². The lowest BCUT2D eigenvalue weighted by Crippen LogP contribution is -2.53. The Kier molecular flexibility index (Phi) is 11.4. The molecule has 0 aliphatic heterocycles. The lowest BCUT2D eigenvalue weighted by molar-refractivity contribution is -0.140. The van der Waals surface area contributed by atoms with Gasteiger partial charge >= 0.3 is 0 Å². The van der Waals surface area contributed by atoms with Crippen LogP contribution in [0.5, 0.6) is 11.5 Å². The summed E-state index contributed by atoms with van der Waals surface area (Å²) in [5.74, 6) is 0.268. The second kappa shape index (κ2) is 15.4. The summed E-state index contributed by atoms with van der Waals surface area (Å²) in [7, 11) is -3.90. The zero-order valence-corrected chi connectivity index (χ0v) is 26.3. The topological polar surface area (TPSA) is 96.0 Å². The highest BCUT2D eigenvalue weighted by Gasteiger charge is 2.33. The Bertz CT molecular complexity index is 1630. The molecule has 0 spiro atoms. The van der Waals surface area contributed by atoms with Crippen molar-refractivity contribution in [2.75, 3.05) is 23.7 Å². The molecule has 0 aliphatic rings. The van der Waals surface area contributed by atoms with E-state index in [1.165, 1.54) is 4.90 Å². The maximum Gasteiger partial charge on any atom is 0.244 e. The van der Waals surface area contributed by atoms with E-state index in [9.17, 15) is 18.0 Å². The van der Waals surface area contributed by atoms with Gasteiger partial charge in [0.1, 0.15) is 24.1 Å². The number of anilines is 1. The van der Waals surface area contributed by atoms with E-state index >= 15 is 0 Å². The molecule has 4 rings (SSSR count). The lowest BCUT2D eigenvalue weighted by Gasteiger charge is -2.33. The minimum Gasteiger partial charge on any atom is -0.457 e. The summed E-state index contributed by atoms with van der Waals surface area (Å²) < 4.78 is 33.0. The third kappa shape index (κ3) is 9.08. The van der Waals surface area contributed by atoms with Crippen molar-refractivity contribution >= 4 is 39.1 Å². The number of carbonyl (C=O) groups is 2. The van der Waals surface area contributed by atoms with Crippen LogP contribution in [0.1, 0.15) is 24.5 Å². The number of nitrogens with one attached hydrogen (secondary N) is 1. The van der Waals surface area contributed by atoms with Crippen molar-refractivity contribution in [3.63, 3.8) is 0 Å². The summed E-state index contributed by atoms with van der Waals surface area (Å²) in [4.78, 5) is 29.2. The molecule has 0 fully saturated rings. The van der Waals surface area contributed by atoms with Gasteiger partial charge in [-0.25, -0.2) is 8.42 Å². The van der Waals surface area contributed by atoms with E-state index < -0.39 is 28.5 Å². The smallest absolute Gasteiger partial charge is 0.244 e. The number of hydrogen-bond donors (Lipinski definition) is 1. The van der Waals surface area contributed by atoms with Crippen LogP contribution < -0.4 is 14.4 Å². The molecule has 44 heavy (non-hydrogen) atoms. The molecule has 4 aromatic rings. The lowest BCUT2D eigenvalue weighted by atomic mass is 10.0. The summed E-state index contributed by atoms with van der Waals surface area (Å²) in [6.45, 7) is 1.87. The first kappa shape index (κ1) is 32.6. The van der Waals surface area contributed by atoms with Gasteiger partial charge in [0.25, 0.3) is 0 Å². The molecule has 0 aliphatic carbocycles. The Morgan fingerprint density at radius 2 is 1.43 bits per heavy atom. The zero-order chi connectivity index (χ0) is 31.5. The third-order valence-corrected chi connectivity index (χ3v) is 8.41. The van der Waals surface area contributed by atoms with Gasteiger partial charge in [0.2, 0.25) is 21.8 Å². The highest BCUT2D eigenvalue weighted by molar-refractivity contribution is 7.92. The maximum absolute atomic E-state index is 14.2. The Balaban J connectivity index is 1.67. The molecule has 0 saturated heterocycles. The van der Waals surface area contributed by atoms with Crippen LogP contribution in [0.25, 0.3) is 0 Å². The van der Waals surface area contributed by atoms with Gasteiger partial charge in [0.15, 0.2) is 0 Å². The summed E-state index contributed by atoms with van der Waals surface area (Å²) in [6, 6.07) is 31.2. The molecule has 230 valence electrons. The monoisotopic (exact) mass is 633 g/mol. The summed E-state index contributed by atoms with van der Waals surface area (Å²) in [5.41, 5.74) is 1.78. The Morgan fingerprint density at radius 3 is 2.05 bits per heavy atom. The third-order valence-electron chi connectivity index (χ3n) is 6.90. The van der Waals surface area contributed by atoms with Gasteiger partial charge in [-0.2, -0.15) is 0 Å². The zero-order valence-electron chi connectivity index (χ0n) is 24.7. The van der Waals surface area contributed by atoms with Crippen molar-refractivity contribution in [1.29, 1.82) is 0 Å². The molecule has 2 amide bonds. The highest BCUT2D eigenvalue weighted by atomic mass is 35.5. The average Bonchev–Trinajstić information content (AvgIpc) is 3.02. The number of halogens is 1. The summed E-state index contributed by atoms with van der Waals surface area (Å²) in [6.07, 6.45) is 1.99. The van der Waals surface area contributed by atoms with E-state index in [0.717, 1.165) is 16.1 Å². The number of hydrogen-bond acceptors (Lipinski definition) is 5. The van der Waals surface area contributed by atoms with Crippen molar-refractivity contribution < 1.29 is 22.7 Å². The number of nitrogens with zero attached hydrogens (tertiary/aromatic N) is 2. The minimum absolute atomic E-state index is 0.0109. The van der Waals surface area contributed by atoms with Crippen LogP contribution in [0.3, 0.4) is 0 Å². The van der Waals surface area contributed by atoms with E-state index in [4.69, 9.17) is 16.3 Å². The molecule has 0 bridgehead atoms. The fraction of sp³-hybridized carbons (Fsp3) is 0.235. The molecular formula is C34H36ClN3O5S. The van der Waals surface area contributed by atoms with E-state index in [1.807, 2.05) is 67.6 Å². The Hall–Kier alpha value is -4.34. The highest BCUT2D eigenvalue weighted by Crippen LogP contribution is 2.27. The molecule has 0 radical (unpaired) electrons. The van der Waals surface area contributed by atoms with E-state index in [-0.39, 0.29) is 24.6 Å². The Labute approximate surface area is 264 Å². The second-order valence-corrected chi connectivity index (χ2v) is 12.6. The fourth-order valence-corrected chi connectivity index (χ4v) is 5.69. The number of ether oxygens (including phenoxy) is 1. The van der Waals surface area contributed by atoms with Crippen molar-refractivity contribution in [2.45, 2.75) is 32.4 Å². The van der Waals surface area contributed by atoms with Gasteiger partial charge in [-0.3, -0.25) is 13.9 Å². The number of carbonyl (C=O) groups excluding carboxylic acids is 2. The summed E-state index contributed by atoms with van der Waals surface area (Å²) in [5, 5.41) is 3.36. The van der Waals surface area contributed by atoms with Gasteiger partial charge in [-0.1, -0.05) is 85.3 Å². The van der Waals surface area contributed by atoms with Gasteiger partial charge in [0.05, 0.1) is 11.9 Å². The summed E-state index contributed by atoms with van der Waals surface area (Å²) >= 11 is 6.49. The van der Waals surface area contributed by atoms with Crippen molar-refractivity contribution in [2.24, 2.45) is 0 Å². The fourth-order valence-electron chi connectivity index (χ4n) is 4.65. The van der Waals surface area contributed by atoms with Gasteiger partial charge < -0.3 is 15.0 Å². The van der Waals surface area contributed by atoms with Crippen LogP contribution in [0.2, 0.25) is 5.02 Å². The normalized spacial score (nSPS) is 11.8. The largest absolute Gasteiger partial charge is 0.457 e. The first-order valence-electron chi connectivity index (χ1n) is 14.3. The number of sulfonamides is 1. The van der Waals surface area contributed by atoms with Crippen molar-refractivity contribution in [3.8, 4) is 11.5 Å². The first-order valence-corrected chi connectivity index (χ1v) is 16.5. The van der Waals surface area contributed by atoms with Crippen LogP contribution in [0, 0.1) is 0 Å². The van der Waals surface area contributed by atoms with Gasteiger partial charge in [-0.05, 0) is 60.0 Å². The molecule has 0 saturated carbocycles. The number of para-hydroxylation sites is 1. The van der Waals surface area contributed by atoms with Crippen LogP contribution in [0.15, 0.2) is 109 Å². The van der Waals surface area contributed by atoms with Crippen LogP contribution in [-0.4, -0.2) is 50.5 Å². The number of rotatable bonds is 14. The average molecular weight is 634 g/mol. The molecule has 0 aromatic heterocycles. The van der Waals surface area contributed by atoms with Crippen molar-refractivity contribution in [1.82, 2.24) is 10.2 Å². The van der Waals surface area contributed by atoms with Gasteiger partial charge in [-0.15, -0.1) is 0 Å². The molecular weight excluding hydrogens is 598 g/mol. The van der Waals surface area contributed by atoms with Crippen LogP contribution in [0.4, 0.5) is 5.69 Å². The molecule has 10 heteroatoms. The number of benzene rings is 4. The predicted octanol–water partition coefficient (Wildman–Crippen LogP) is 6.06. The molecule has 4 aromatic carbocycles. The second-order valence-electron chi connectivity index (χ2n) is 10.3. The maximum atomic E-state index is 14.2. The van der Waals surface area contributed by atoms with Crippen LogP contribution in [-0.2, 0) is 32.6 Å². The predicted molar refractivity (Wildman–Crippen MR) is 174 cm³/mol. The van der Waals surface area contributed by atoms with E-state index in [0.29, 0.717) is 35.1 Å². The first-order chi connectivity index (χ1) is 21.2. The van der Waals surface area contributed by atoms with E-state index in [2.05, 4.69) is 5.32 Å². The molecule has 1 atom stereocenters. The minimum atomic E-state index is -3.90. The quantitative estimate of drug-likeness (QED) is 0.182. The molecule has 8 nitrogen and oxygen atoms in total. The number of amides is 2. The molecule has 1 N–H and O–H groups in total. The Morgan fingerprint density at radius 1 is 0.841 bits per heavy atom. The SMILES string of the molecule is CCCNC(=O)[C@@H](Cc1ccccc1)N(Cc1ccccc1Cl)C(=O)CN(c1ccc(Oc2ccccc2)cc1)S(C)(=O)=O. The molecule has 0 unspecified atom stereocenters. The molecule has 0 heterocycles. The van der Waals surface area contributed by atoms with E-state index in [1.54, 1.807) is 48.5 Å². The standard InChI is InChI=1S/C34H36ClN3O5S/c1-3-22-36-34(40)32(23-26-12-6-4-7-13-26)37(24-27-14-10-11-17-31(27)35)33(39)25-38(44(2,41)42)28-18-20-30(21-19-28)43-29-15-8-5-9-16-29/h4-21,32H,3,22-25H2,1-2H3,(H,36,40)/t32-/m1/s1.